The molecule has 1 aromatic heterocycles. The second kappa shape index (κ2) is 7.77. The van der Waals surface area contributed by atoms with Crippen LogP contribution in [0.5, 0.6) is 0 Å². The summed E-state index contributed by atoms with van der Waals surface area (Å²) in [7, 11) is 0. The molecule has 2 aromatic carbocycles. The van der Waals surface area contributed by atoms with Crippen LogP contribution in [0.15, 0.2) is 60.7 Å². The van der Waals surface area contributed by atoms with Crippen molar-refractivity contribution in [2.75, 3.05) is 5.32 Å². The number of aryl methyl sites for hydroxylation is 2. The zero-order chi connectivity index (χ0) is 19.5. The Balaban J connectivity index is 1.58. The number of carbonyl (C=O) groups excluding carboxylic acids is 1. The summed E-state index contributed by atoms with van der Waals surface area (Å²) in [6.45, 7) is 3.94. The van der Waals surface area contributed by atoms with E-state index in [2.05, 4.69) is 46.5 Å². The van der Waals surface area contributed by atoms with E-state index < -0.39 is 0 Å². The van der Waals surface area contributed by atoms with Crippen molar-refractivity contribution in [2.45, 2.75) is 26.7 Å². The molecule has 1 aliphatic rings. The van der Waals surface area contributed by atoms with E-state index in [9.17, 15) is 4.79 Å². The van der Waals surface area contributed by atoms with Crippen LogP contribution in [0.1, 0.15) is 39.3 Å². The molecule has 1 aliphatic carbocycles. The van der Waals surface area contributed by atoms with Crippen LogP contribution in [0.2, 0.25) is 0 Å². The second-order valence-electron chi connectivity index (χ2n) is 7.31. The SMILES string of the molecule is Cc1ccc(Nc2nc(C)c3c(n2)CC(/C=C/c2ccccc2)CC3=O)cc1. The molecule has 0 bridgehead atoms. The van der Waals surface area contributed by atoms with Gasteiger partial charge < -0.3 is 5.32 Å². The highest BCUT2D eigenvalue weighted by Gasteiger charge is 2.27. The van der Waals surface area contributed by atoms with E-state index in [1.54, 1.807) is 0 Å². The Morgan fingerprint density at radius 3 is 2.46 bits per heavy atom. The van der Waals surface area contributed by atoms with Gasteiger partial charge in [0.1, 0.15) is 0 Å². The maximum Gasteiger partial charge on any atom is 0.227 e. The highest BCUT2D eigenvalue weighted by Crippen LogP contribution is 2.29. The molecule has 0 amide bonds. The molecule has 4 heteroatoms. The quantitative estimate of drug-likeness (QED) is 0.678. The fourth-order valence-corrected chi connectivity index (χ4v) is 3.57. The van der Waals surface area contributed by atoms with Crippen LogP contribution in [0.4, 0.5) is 11.6 Å². The molecule has 3 aromatic rings. The van der Waals surface area contributed by atoms with E-state index in [0.29, 0.717) is 17.9 Å². The molecule has 1 unspecified atom stereocenters. The largest absolute Gasteiger partial charge is 0.324 e. The molecule has 0 aliphatic heterocycles. The number of aromatic nitrogens is 2. The molecule has 0 saturated carbocycles. The fraction of sp³-hybridized carbons (Fsp3) is 0.208. The summed E-state index contributed by atoms with van der Waals surface area (Å²) in [6.07, 6.45) is 5.46. The lowest BCUT2D eigenvalue weighted by atomic mass is 9.85. The first-order chi connectivity index (χ1) is 13.6. The minimum atomic E-state index is 0.128. The van der Waals surface area contributed by atoms with Crippen LogP contribution in [-0.4, -0.2) is 15.8 Å². The van der Waals surface area contributed by atoms with Gasteiger partial charge in [0, 0.05) is 12.1 Å². The Labute approximate surface area is 165 Å². The summed E-state index contributed by atoms with van der Waals surface area (Å²) in [6, 6.07) is 18.2. The molecule has 1 atom stereocenters. The topological polar surface area (TPSA) is 54.9 Å². The normalized spacial score (nSPS) is 16.2. The predicted octanol–water partition coefficient (Wildman–Crippen LogP) is 5.30. The standard InChI is InChI=1S/C24H23N3O/c1-16-8-12-20(13-9-16)26-24-25-17(2)23-21(27-24)14-19(15-22(23)28)11-10-18-6-4-3-5-7-18/h3-13,19H,14-15H2,1-2H3,(H,25,26,27)/b11-10+. The number of nitrogens with zero attached hydrogens (tertiary/aromatic N) is 2. The minimum Gasteiger partial charge on any atom is -0.324 e. The van der Waals surface area contributed by atoms with Crippen LogP contribution in [-0.2, 0) is 6.42 Å². The van der Waals surface area contributed by atoms with E-state index in [4.69, 9.17) is 0 Å². The third kappa shape index (κ3) is 4.01. The maximum absolute atomic E-state index is 12.7. The van der Waals surface area contributed by atoms with Gasteiger partial charge in [-0.25, -0.2) is 9.97 Å². The number of fused-ring (bicyclic) bond motifs is 1. The first kappa shape index (κ1) is 18.1. The maximum atomic E-state index is 12.7. The lowest BCUT2D eigenvalue weighted by molar-refractivity contribution is 0.0957. The van der Waals surface area contributed by atoms with Crippen molar-refractivity contribution in [1.29, 1.82) is 0 Å². The molecule has 4 nitrogen and oxygen atoms in total. The molecule has 140 valence electrons. The van der Waals surface area contributed by atoms with Crippen molar-refractivity contribution in [1.82, 2.24) is 9.97 Å². The van der Waals surface area contributed by atoms with E-state index >= 15 is 0 Å². The number of hydrogen-bond acceptors (Lipinski definition) is 4. The van der Waals surface area contributed by atoms with Gasteiger partial charge in [0.15, 0.2) is 5.78 Å². The summed E-state index contributed by atoms with van der Waals surface area (Å²) in [5.41, 5.74) is 5.55. The third-order valence-corrected chi connectivity index (χ3v) is 5.01. The average molecular weight is 369 g/mol. The molecule has 0 fully saturated rings. The zero-order valence-corrected chi connectivity index (χ0v) is 16.1. The van der Waals surface area contributed by atoms with E-state index in [1.165, 1.54) is 5.56 Å². The van der Waals surface area contributed by atoms with Crippen molar-refractivity contribution in [3.8, 4) is 0 Å². The number of ketones is 1. The van der Waals surface area contributed by atoms with E-state index in [0.717, 1.165) is 29.1 Å². The number of anilines is 2. The number of Topliss-reactive ketones (excluding diaryl/α,β-unsaturated/α-hetero) is 1. The summed E-state index contributed by atoms with van der Waals surface area (Å²) in [5.74, 6) is 0.825. The van der Waals surface area contributed by atoms with Crippen molar-refractivity contribution < 1.29 is 4.79 Å². The molecule has 1 N–H and O–H groups in total. The van der Waals surface area contributed by atoms with Gasteiger partial charge in [0.25, 0.3) is 0 Å². The Kier molecular flexibility index (Phi) is 5.02. The summed E-state index contributed by atoms with van der Waals surface area (Å²) in [4.78, 5) is 21.9. The van der Waals surface area contributed by atoms with Crippen LogP contribution in [0.3, 0.4) is 0 Å². The van der Waals surface area contributed by atoms with Crippen molar-refractivity contribution in [3.63, 3.8) is 0 Å². The van der Waals surface area contributed by atoms with Crippen molar-refractivity contribution >= 4 is 23.5 Å². The highest BCUT2D eigenvalue weighted by molar-refractivity contribution is 5.99. The molecule has 0 saturated heterocycles. The van der Waals surface area contributed by atoms with Crippen LogP contribution < -0.4 is 5.32 Å². The smallest absolute Gasteiger partial charge is 0.227 e. The van der Waals surface area contributed by atoms with Gasteiger partial charge in [-0.15, -0.1) is 0 Å². The summed E-state index contributed by atoms with van der Waals surface area (Å²) in [5, 5.41) is 3.26. The lowest BCUT2D eigenvalue weighted by Crippen LogP contribution is -2.22. The van der Waals surface area contributed by atoms with Gasteiger partial charge in [-0.05, 0) is 43.9 Å². The molecule has 0 spiro atoms. The fourth-order valence-electron chi connectivity index (χ4n) is 3.57. The molecule has 4 rings (SSSR count). The van der Waals surface area contributed by atoms with Crippen LogP contribution >= 0.6 is 0 Å². The number of benzene rings is 2. The minimum absolute atomic E-state index is 0.128. The van der Waals surface area contributed by atoms with Gasteiger partial charge >= 0.3 is 0 Å². The summed E-state index contributed by atoms with van der Waals surface area (Å²) < 4.78 is 0. The van der Waals surface area contributed by atoms with Crippen molar-refractivity contribution in [3.05, 3.63) is 88.8 Å². The van der Waals surface area contributed by atoms with Gasteiger partial charge in [-0.2, -0.15) is 0 Å². The molecule has 0 radical (unpaired) electrons. The average Bonchev–Trinajstić information content (AvgIpc) is 2.68. The van der Waals surface area contributed by atoms with Crippen LogP contribution in [0.25, 0.3) is 6.08 Å². The molecular formula is C24H23N3O. The first-order valence-corrected chi connectivity index (χ1v) is 9.56. The van der Waals surface area contributed by atoms with Gasteiger partial charge in [0.05, 0.1) is 17.0 Å². The number of carbonyl (C=O) groups is 1. The Morgan fingerprint density at radius 1 is 0.964 bits per heavy atom. The third-order valence-electron chi connectivity index (χ3n) is 5.01. The predicted molar refractivity (Wildman–Crippen MR) is 113 cm³/mol. The summed E-state index contributed by atoms with van der Waals surface area (Å²) >= 11 is 0. The van der Waals surface area contributed by atoms with E-state index in [-0.39, 0.29) is 11.7 Å². The monoisotopic (exact) mass is 369 g/mol. The lowest BCUT2D eigenvalue weighted by Gasteiger charge is -2.22. The first-order valence-electron chi connectivity index (χ1n) is 9.56. The Hall–Kier alpha value is -3.27. The van der Waals surface area contributed by atoms with Gasteiger partial charge in [0.2, 0.25) is 5.95 Å². The van der Waals surface area contributed by atoms with Crippen molar-refractivity contribution in [2.24, 2.45) is 5.92 Å². The Bertz CT molecular complexity index is 1020. The number of allylic oxidation sites excluding steroid dienone is 1. The highest BCUT2D eigenvalue weighted by atomic mass is 16.1. The Morgan fingerprint density at radius 2 is 1.71 bits per heavy atom. The molecule has 1 heterocycles. The molecular weight excluding hydrogens is 346 g/mol. The van der Waals surface area contributed by atoms with Crippen LogP contribution in [0, 0.1) is 19.8 Å². The number of hydrogen-bond donors (Lipinski definition) is 1. The van der Waals surface area contributed by atoms with E-state index in [1.807, 2.05) is 49.4 Å². The van der Waals surface area contributed by atoms with Gasteiger partial charge in [-0.1, -0.05) is 60.2 Å². The number of nitrogens with one attached hydrogen (secondary N) is 1. The number of rotatable bonds is 4. The second-order valence-corrected chi connectivity index (χ2v) is 7.31. The van der Waals surface area contributed by atoms with Gasteiger partial charge in [-0.3, -0.25) is 4.79 Å². The molecule has 28 heavy (non-hydrogen) atoms. The zero-order valence-electron chi connectivity index (χ0n) is 16.1.